The van der Waals surface area contributed by atoms with E-state index in [9.17, 15) is 35.9 Å². The zero-order valence-corrected chi connectivity index (χ0v) is 41.5. The van der Waals surface area contributed by atoms with Crippen LogP contribution in [-0.4, -0.2) is 59.8 Å². The quantitative estimate of drug-likeness (QED) is 0.0327. The molecule has 10 nitrogen and oxygen atoms in total. The van der Waals surface area contributed by atoms with Crippen molar-refractivity contribution in [3.8, 4) is 5.75 Å². The number of aromatic nitrogens is 1. The number of likely N-dealkylation sites (tertiary alicyclic amines) is 1. The predicted octanol–water partition coefficient (Wildman–Crippen LogP) is 12.1. The number of benzene rings is 4. The Hall–Kier alpha value is -5.87. The summed E-state index contributed by atoms with van der Waals surface area (Å²) in [5.74, 6) is -0.378. The van der Waals surface area contributed by atoms with Gasteiger partial charge in [-0.3, -0.25) is 14.5 Å². The van der Waals surface area contributed by atoms with E-state index in [1.807, 2.05) is 30.3 Å². The first-order chi connectivity index (χ1) is 35.0. The van der Waals surface area contributed by atoms with E-state index in [1.54, 1.807) is 37.3 Å². The number of halogens is 6. The summed E-state index contributed by atoms with van der Waals surface area (Å²) >= 11 is 0. The van der Waals surface area contributed by atoms with Crippen LogP contribution in [0.25, 0.3) is 10.9 Å². The predicted molar refractivity (Wildman–Crippen MR) is 267 cm³/mol. The van der Waals surface area contributed by atoms with Gasteiger partial charge in [0.1, 0.15) is 19.0 Å². The van der Waals surface area contributed by atoms with Crippen LogP contribution in [0.4, 0.5) is 26.3 Å². The average Bonchev–Trinajstić information content (AvgIpc) is 4.12. The number of rotatable bonds is 19. The first-order valence-corrected chi connectivity index (χ1v) is 25.9. The second kappa shape index (κ2) is 22.3. The number of nitrogens with zero attached hydrogens (tertiary/aromatic N) is 2. The minimum atomic E-state index is -4.57. The molecule has 1 aromatic heterocycles. The Morgan fingerprint density at radius 1 is 0.808 bits per heavy atom. The van der Waals surface area contributed by atoms with E-state index < -0.39 is 23.5 Å². The minimum absolute atomic E-state index is 0.00294. The van der Waals surface area contributed by atoms with E-state index >= 15 is 0 Å². The highest BCUT2D eigenvalue weighted by atomic mass is 19.4. The smallest absolute Gasteiger partial charge is 0.416 e. The number of alkyl halides is 6. The second-order valence-corrected chi connectivity index (χ2v) is 20.6. The van der Waals surface area contributed by atoms with Gasteiger partial charge in [-0.2, -0.15) is 26.3 Å². The van der Waals surface area contributed by atoms with E-state index in [2.05, 4.69) is 27.3 Å². The first kappa shape index (κ1) is 52.0. The molecule has 2 heterocycles. The highest BCUT2D eigenvalue weighted by Gasteiger charge is 2.39. The number of carbonyl (C=O) groups is 2. The molecule has 16 heteroatoms. The Balaban J connectivity index is 0.732. The van der Waals surface area contributed by atoms with E-state index in [0.29, 0.717) is 60.5 Å². The summed E-state index contributed by atoms with van der Waals surface area (Å²) in [7, 11) is 0. The lowest BCUT2D eigenvalue weighted by Crippen LogP contribution is -2.51. The molecule has 3 aliphatic carbocycles. The molecule has 1 aliphatic heterocycles. The lowest BCUT2D eigenvalue weighted by atomic mass is 9.80. The number of H-pyrrole nitrogens is 1. The van der Waals surface area contributed by atoms with Crippen molar-refractivity contribution in [2.75, 3.05) is 26.2 Å². The number of nitrogens with two attached hydrogens (primary N) is 1. The van der Waals surface area contributed by atoms with Gasteiger partial charge in [0.2, 0.25) is 11.8 Å². The molecule has 1 saturated heterocycles. The Morgan fingerprint density at radius 2 is 1.51 bits per heavy atom. The summed E-state index contributed by atoms with van der Waals surface area (Å²) in [6.45, 7) is 6.27. The molecular formula is C57H65F6N5O5. The fourth-order valence-corrected chi connectivity index (χ4v) is 11.6. The van der Waals surface area contributed by atoms with E-state index in [4.69, 9.17) is 20.0 Å². The molecule has 5 aromatic rings. The molecular weight excluding hydrogens is 949 g/mol. The van der Waals surface area contributed by atoms with Crippen molar-refractivity contribution >= 4 is 28.4 Å². The maximum absolute atomic E-state index is 14.6. The molecule has 0 spiro atoms. The summed E-state index contributed by atoms with van der Waals surface area (Å²) in [5.41, 5.74) is 12.4. The molecule has 4 aliphatic rings. The van der Waals surface area contributed by atoms with Crippen molar-refractivity contribution in [1.29, 1.82) is 0 Å². The van der Waals surface area contributed by atoms with Crippen molar-refractivity contribution in [2.45, 2.75) is 147 Å². The van der Waals surface area contributed by atoms with Crippen LogP contribution in [0.2, 0.25) is 0 Å². The number of fused-ring (bicyclic) bond motifs is 3. The van der Waals surface area contributed by atoms with Gasteiger partial charge in [0, 0.05) is 55.1 Å². The van der Waals surface area contributed by atoms with Crippen molar-refractivity contribution < 1.29 is 50.2 Å². The van der Waals surface area contributed by atoms with Crippen LogP contribution in [0, 0.1) is 5.92 Å². The third-order valence-electron chi connectivity index (χ3n) is 15.6. The molecule has 4 aromatic carbocycles. The van der Waals surface area contributed by atoms with Crippen LogP contribution in [-0.2, 0) is 64.1 Å². The minimum Gasteiger partial charge on any atom is -0.489 e. The fraction of sp³-hybridized carbons (Fsp3) is 0.491. The van der Waals surface area contributed by atoms with Crippen molar-refractivity contribution in [3.05, 3.63) is 134 Å². The first-order valence-electron chi connectivity index (χ1n) is 25.9. The highest BCUT2D eigenvalue weighted by molar-refractivity contribution is 5.98. The van der Waals surface area contributed by atoms with Gasteiger partial charge in [-0.25, -0.2) is 0 Å². The summed E-state index contributed by atoms with van der Waals surface area (Å²) < 4.78 is 98.3. The van der Waals surface area contributed by atoms with Crippen LogP contribution in [0.1, 0.15) is 157 Å². The number of carbonyl (C=O) groups excluding carboxylic acids is 2. The molecule has 390 valence electrons. The van der Waals surface area contributed by atoms with Crippen LogP contribution in [0.5, 0.6) is 5.75 Å². The SMILES string of the molecule is CCc1cc(/C(C)=N/OCc2ccc(C3CCCC(OCCNC(=O)C[C@H]4CCc5c4[nH]c4ccc(OCc6ccc(C7CCCC7)c(C(F)(F)F)c6)cc54)C3)c(C(F)(F)F)c2)ccc1CN1CC(C(N)=O)C1. The summed E-state index contributed by atoms with van der Waals surface area (Å²) in [4.78, 5) is 35.9. The monoisotopic (exact) mass is 1010 g/mol. The van der Waals surface area contributed by atoms with Gasteiger partial charge < -0.3 is 30.3 Å². The van der Waals surface area contributed by atoms with Gasteiger partial charge >= 0.3 is 12.4 Å². The third kappa shape index (κ3) is 12.4. The number of amides is 2. The van der Waals surface area contributed by atoms with Gasteiger partial charge in [-0.1, -0.05) is 67.7 Å². The van der Waals surface area contributed by atoms with Crippen molar-refractivity contribution in [3.63, 3.8) is 0 Å². The van der Waals surface area contributed by atoms with Crippen LogP contribution < -0.4 is 15.8 Å². The molecule has 73 heavy (non-hydrogen) atoms. The molecule has 3 fully saturated rings. The van der Waals surface area contributed by atoms with Gasteiger partial charge in [0.25, 0.3) is 0 Å². The number of nitrogens with one attached hydrogen (secondary N) is 2. The largest absolute Gasteiger partial charge is 0.489 e. The maximum atomic E-state index is 14.6. The van der Waals surface area contributed by atoms with Crippen LogP contribution in [0.15, 0.2) is 78.0 Å². The van der Waals surface area contributed by atoms with Gasteiger partial charge in [-0.05, 0) is 151 Å². The lowest BCUT2D eigenvalue weighted by molar-refractivity contribution is -0.139. The molecule has 2 amide bonds. The van der Waals surface area contributed by atoms with Crippen LogP contribution in [0.3, 0.4) is 0 Å². The van der Waals surface area contributed by atoms with E-state index in [0.717, 1.165) is 103 Å². The molecule has 0 radical (unpaired) electrons. The molecule has 2 unspecified atom stereocenters. The molecule has 2 saturated carbocycles. The van der Waals surface area contributed by atoms with Gasteiger partial charge in [0.15, 0.2) is 0 Å². The summed E-state index contributed by atoms with van der Waals surface area (Å²) in [5, 5.41) is 8.19. The fourth-order valence-electron chi connectivity index (χ4n) is 11.6. The zero-order chi connectivity index (χ0) is 51.4. The average molecular weight is 1010 g/mol. The number of ether oxygens (including phenoxy) is 2. The second-order valence-electron chi connectivity index (χ2n) is 20.6. The normalized spacial score (nSPS) is 20.1. The Bertz CT molecular complexity index is 2810. The number of oxime groups is 1. The topological polar surface area (TPSA) is 131 Å². The standard InChI is InChI=1S/C57H65F6N5O5/c1-3-37-25-39(13-14-42(37)29-68-30-43(31-68)55(64)70)34(2)67-73-33-36-12-18-47(51(24-36)57(61,62)63)40-9-6-10-44(26-40)71-22-21-65-53(69)27-41-15-19-48-49-28-45(16-20-52(49)66-54(41)48)72-32-35-11-17-46(38-7-4-5-8-38)50(23-35)56(58,59)60/h11-14,16-18,20,23-25,28,38,40-41,43-44,66H,3-10,15,19,21-22,26-27,29-33H2,1-2H3,(H2,64,70)(H,65,69)/b67-34+/t40?,41-,44?/m1/s1. The highest BCUT2D eigenvalue weighted by Crippen LogP contribution is 2.45. The maximum Gasteiger partial charge on any atom is 0.416 e. The third-order valence-corrected chi connectivity index (χ3v) is 15.6. The molecule has 4 N–H and O–H groups in total. The van der Waals surface area contributed by atoms with Crippen molar-refractivity contribution in [2.24, 2.45) is 16.8 Å². The molecule has 0 bridgehead atoms. The van der Waals surface area contributed by atoms with E-state index in [-0.39, 0.29) is 79.9 Å². The number of aromatic amines is 1. The number of hydrogen-bond acceptors (Lipinski definition) is 7. The number of primary amides is 1. The molecule has 9 rings (SSSR count). The Morgan fingerprint density at radius 3 is 2.21 bits per heavy atom. The van der Waals surface area contributed by atoms with E-state index in [1.165, 1.54) is 6.07 Å². The molecule has 3 atom stereocenters. The zero-order valence-electron chi connectivity index (χ0n) is 41.5. The van der Waals surface area contributed by atoms with Crippen molar-refractivity contribution in [1.82, 2.24) is 15.2 Å². The van der Waals surface area contributed by atoms with Gasteiger partial charge in [-0.15, -0.1) is 0 Å². The summed E-state index contributed by atoms with van der Waals surface area (Å²) in [6.07, 6.45) is -0.707. The number of aryl methyl sites for hydroxylation is 2. The lowest BCUT2D eigenvalue weighted by Gasteiger charge is -2.37. The Labute approximate surface area is 422 Å². The van der Waals surface area contributed by atoms with Gasteiger partial charge in [0.05, 0.1) is 35.5 Å². The summed E-state index contributed by atoms with van der Waals surface area (Å²) in [6, 6.07) is 20.6. The van der Waals surface area contributed by atoms with Crippen LogP contribution >= 0.6 is 0 Å². The number of hydrogen-bond donors (Lipinski definition) is 3. The Kier molecular flexibility index (Phi) is 15.9.